The van der Waals surface area contributed by atoms with Crippen molar-refractivity contribution in [3.8, 4) is 0 Å². The standard InChI is InChI=1S/C10H19F3O3S2/c1-3-5-6-8-9(7-4-2)17-16-18(14,15)10(11,12)13/h9H,3-8H2,1-2H3. The second kappa shape index (κ2) is 8.27. The van der Waals surface area contributed by atoms with E-state index in [-0.39, 0.29) is 5.25 Å². The van der Waals surface area contributed by atoms with Gasteiger partial charge in [-0.05, 0) is 12.8 Å². The van der Waals surface area contributed by atoms with E-state index in [1.165, 1.54) is 0 Å². The van der Waals surface area contributed by atoms with Crippen molar-refractivity contribution in [1.29, 1.82) is 0 Å². The van der Waals surface area contributed by atoms with Gasteiger partial charge in [0.15, 0.2) is 0 Å². The van der Waals surface area contributed by atoms with Gasteiger partial charge in [-0.1, -0.05) is 39.5 Å². The molecule has 1 unspecified atom stereocenters. The number of alkyl halides is 3. The Balaban J connectivity index is 4.26. The Hall–Kier alpha value is 0.0500. The maximum atomic E-state index is 12.0. The van der Waals surface area contributed by atoms with E-state index in [0.717, 1.165) is 25.7 Å². The lowest BCUT2D eigenvalue weighted by molar-refractivity contribution is -0.0494. The molecule has 0 saturated carbocycles. The lowest BCUT2D eigenvalue weighted by Crippen LogP contribution is -2.24. The van der Waals surface area contributed by atoms with Crippen LogP contribution in [0, 0.1) is 0 Å². The molecule has 3 nitrogen and oxygen atoms in total. The van der Waals surface area contributed by atoms with Crippen molar-refractivity contribution in [2.45, 2.75) is 63.1 Å². The second-order valence-corrected chi connectivity index (χ2v) is 6.75. The zero-order valence-electron chi connectivity index (χ0n) is 10.5. The van der Waals surface area contributed by atoms with Crippen molar-refractivity contribution < 1.29 is 25.2 Å². The molecular formula is C10H19F3O3S2. The molecule has 0 N–H and O–H groups in total. The monoisotopic (exact) mass is 308 g/mol. The van der Waals surface area contributed by atoms with Gasteiger partial charge >= 0.3 is 15.6 Å². The third-order valence-corrected chi connectivity index (χ3v) is 4.63. The molecule has 0 aromatic carbocycles. The molecular weight excluding hydrogens is 289 g/mol. The van der Waals surface area contributed by atoms with E-state index in [2.05, 4.69) is 3.63 Å². The number of hydrogen-bond acceptors (Lipinski definition) is 4. The van der Waals surface area contributed by atoms with Crippen LogP contribution in [0.4, 0.5) is 13.2 Å². The van der Waals surface area contributed by atoms with E-state index in [0.29, 0.717) is 24.9 Å². The number of rotatable bonds is 9. The van der Waals surface area contributed by atoms with Crippen LogP contribution in [-0.4, -0.2) is 19.2 Å². The Morgan fingerprint density at radius 1 is 1.11 bits per heavy atom. The summed E-state index contributed by atoms with van der Waals surface area (Å²) in [5.74, 6) is 0. The second-order valence-electron chi connectivity index (χ2n) is 3.97. The highest BCUT2D eigenvalue weighted by Crippen LogP contribution is 2.32. The van der Waals surface area contributed by atoms with Crippen LogP contribution in [0.2, 0.25) is 0 Å². The molecule has 18 heavy (non-hydrogen) atoms. The van der Waals surface area contributed by atoms with Gasteiger partial charge in [-0.2, -0.15) is 25.2 Å². The van der Waals surface area contributed by atoms with Crippen LogP contribution in [0.15, 0.2) is 0 Å². The maximum absolute atomic E-state index is 12.0. The van der Waals surface area contributed by atoms with Crippen molar-refractivity contribution in [2.75, 3.05) is 0 Å². The molecule has 0 aromatic heterocycles. The van der Waals surface area contributed by atoms with Crippen LogP contribution < -0.4 is 0 Å². The van der Waals surface area contributed by atoms with Gasteiger partial charge in [-0.15, -0.1) is 0 Å². The number of unbranched alkanes of at least 4 members (excludes halogenated alkanes) is 2. The zero-order chi connectivity index (χ0) is 14.2. The average Bonchev–Trinajstić information content (AvgIpc) is 2.24. The third-order valence-electron chi connectivity index (χ3n) is 2.29. The summed E-state index contributed by atoms with van der Waals surface area (Å²) >= 11 is 0.422. The van der Waals surface area contributed by atoms with E-state index in [9.17, 15) is 21.6 Å². The topological polar surface area (TPSA) is 43.4 Å². The Bertz CT molecular complexity index is 315. The van der Waals surface area contributed by atoms with Crippen LogP contribution in [0.5, 0.6) is 0 Å². The quantitative estimate of drug-likeness (QED) is 0.363. The van der Waals surface area contributed by atoms with Gasteiger partial charge < -0.3 is 0 Å². The van der Waals surface area contributed by atoms with Crippen molar-refractivity contribution in [3.05, 3.63) is 0 Å². The van der Waals surface area contributed by atoms with Gasteiger partial charge in [0.25, 0.3) is 0 Å². The van der Waals surface area contributed by atoms with E-state index < -0.39 is 15.6 Å². The Morgan fingerprint density at radius 3 is 2.17 bits per heavy atom. The molecule has 0 heterocycles. The van der Waals surface area contributed by atoms with Crippen molar-refractivity contribution in [3.63, 3.8) is 0 Å². The number of hydrogen-bond donors (Lipinski definition) is 0. The molecule has 1 atom stereocenters. The molecule has 0 aliphatic heterocycles. The lowest BCUT2D eigenvalue weighted by atomic mass is 10.1. The SMILES string of the molecule is CCCCCC(CCC)SOS(=O)(=O)C(F)(F)F. The third kappa shape index (κ3) is 6.84. The van der Waals surface area contributed by atoms with Gasteiger partial charge in [-0.3, -0.25) is 0 Å². The summed E-state index contributed by atoms with van der Waals surface area (Å²) < 4.78 is 61.6. The normalized spacial score (nSPS) is 14.7. The summed E-state index contributed by atoms with van der Waals surface area (Å²) in [4.78, 5) is 0. The highest BCUT2D eigenvalue weighted by Gasteiger charge is 2.48. The van der Waals surface area contributed by atoms with Crippen LogP contribution >= 0.6 is 12.0 Å². The van der Waals surface area contributed by atoms with E-state index >= 15 is 0 Å². The van der Waals surface area contributed by atoms with Gasteiger partial charge in [0.1, 0.15) is 0 Å². The highest BCUT2D eigenvalue weighted by atomic mass is 32.3. The van der Waals surface area contributed by atoms with Crippen LogP contribution in [0.25, 0.3) is 0 Å². The molecule has 0 rings (SSSR count). The predicted octanol–water partition coefficient (Wildman–Crippen LogP) is 4.25. The van der Waals surface area contributed by atoms with Crippen LogP contribution in [0.1, 0.15) is 52.4 Å². The summed E-state index contributed by atoms with van der Waals surface area (Å²) in [5, 5.41) is -0.210. The minimum atomic E-state index is -5.48. The summed E-state index contributed by atoms with van der Waals surface area (Å²) in [6.45, 7) is 3.91. The first kappa shape index (κ1) is 18.0. The maximum Gasteiger partial charge on any atom is 0.524 e. The van der Waals surface area contributed by atoms with Gasteiger partial charge in [0, 0.05) is 17.3 Å². The Kier molecular flexibility index (Phi) is 8.29. The number of halogens is 3. The molecule has 0 saturated heterocycles. The van der Waals surface area contributed by atoms with E-state index in [4.69, 9.17) is 0 Å². The minimum Gasteiger partial charge on any atom is -0.191 e. The fourth-order valence-electron chi connectivity index (χ4n) is 1.33. The summed E-state index contributed by atoms with van der Waals surface area (Å²) in [5.41, 5.74) is -5.35. The summed E-state index contributed by atoms with van der Waals surface area (Å²) in [6.07, 6.45) is 4.93. The minimum absolute atomic E-state index is 0.210. The molecule has 0 aromatic rings. The van der Waals surface area contributed by atoms with Crippen molar-refractivity contribution >= 4 is 22.2 Å². The summed E-state index contributed by atoms with van der Waals surface area (Å²) in [6, 6.07) is 0. The highest BCUT2D eigenvalue weighted by molar-refractivity contribution is 8.05. The fraction of sp³-hybridized carbons (Fsp3) is 1.00. The van der Waals surface area contributed by atoms with Crippen LogP contribution in [0.3, 0.4) is 0 Å². The first-order valence-corrected chi connectivity index (χ1v) is 8.12. The summed E-state index contributed by atoms with van der Waals surface area (Å²) in [7, 11) is -5.48. The molecule has 0 spiro atoms. The zero-order valence-corrected chi connectivity index (χ0v) is 12.1. The predicted molar refractivity (Wildman–Crippen MR) is 66.5 cm³/mol. The van der Waals surface area contributed by atoms with E-state index in [1.807, 2.05) is 13.8 Å². The molecule has 8 heteroatoms. The Labute approximate surface area is 111 Å². The van der Waals surface area contributed by atoms with Gasteiger partial charge in [0.2, 0.25) is 0 Å². The molecule has 0 radical (unpaired) electrons. The van der Waals surface area contributed by atoms with Gasteiger partial charge in [0.05, 0.1) is 0 Å². The van der Waals surface area contributed by atoms with Crippen molar-refractivity contribution in [2.24, 2.45) is 0 Å². The van der Waals surface area contributed by atoms with Crippen molar-refractivity contribution in [1.82, 2.24) is 0 Å². The Morgan fingerprint density at radius 2 is 1.72 bits per heavy atom. The lowest BCUT2D eigenvalue weighted by Gasteiger charge is -2.15. The van der Waals surface area contributed by atoms with Crippen LogP contribution in [-0.2, 0) is 13.7 Å². The largest absolute Gasteiger partial charge is 0.524 e. The molecule has 0 aliphatic carbocycles. The molecule has 0 amide bonds. The first-order valence-electron chi connectivity index (χ1n) is 5.90. The average molecular weight is 308 g/mol. The molecule has 0 fully saturated rings. The smallest absolute Gasteiger partial charge is 0.191 e. The molecule has 110 valence electrons. The molecule has 0 aliphatic rings. The fourth-order valence-corrected chi connectivity index (χ4v) is 3.09. The molecule has 0 bridgehead atoms. The van der Waals surface area contributed by atoms with Gasteiger partial charge in [-0.25, -0.2) is 0 Å². The van der Waals surface area contributed by atoms with E-state index in [1.54, 1.807) is 0 Å². The first-order chi connectivity index (χ1) is 8.24.